The molecule has 0 bridgehead atoms. The molecule has 0 radical (unpaired) electrons. The summed E-state index contributed by atoms with van der Waals surface area (Å²) >= 11 is 0. The van der Waals surface area contributed by atoms with Gasteiger partial charge < -0.3 is 41.3 Å². The molecule has 1 aromatic rings. The molecule has 1 saturated heterocycles. The molecule has 0 aliphatic carbocycles. The van der Waals surface area contributed by atoms with Crippen molar-refractivity contribution in [1.29, 1.82) is 0 Å². The first kappa shape index (κ1) is 32.8. The van der Waals surface area contributed by atoms with Crippen molar-refractivity contribution in [2.24, 2.45) is 5.92 Å². The Morgan fingerprint density at radius 2 is 1.66 bits per heavy atom. The van der Waals surface area contributed by atoms with E-state index in [2.05, 4.69) is 16.0 Å². The van der Waals surface area contributed by atoms with Gasteiger partial charge in [0, 0.05) is 13.0 Å². The molecule has 1 heterocycles. The summed E-state index contributed by atoms with van der Waals surface area (Å²) in [6, 6.07) is -1.38. The average molecular weight is 579 g/mol. The van der Waals surface area contributed by atoms with Crippen LogP contribution in [0.5, 0.6) is 11.5 Å². The minimum absolute atomic E-state index is 0.130. The summed E-state index contributed by atoms with van der Waals surface area (Å²) < 4.78 is 0. The number of carboxylic acids is 2. The van der Waals surface area contributed by atoms with Crippen LogP contribution < -0.4 is 16.0 Å². The first-order valence-electron chi connectivity index (χ1n) is 13.5. The second-order valence-electron chi connectivity index (χ2n) is 10.0. The van der Waals surface area contributed by atoms with Crippen LogP contribution in [-0.4, -0.2) is 91.6 Å². The number of benzene rings is 1. The molecule has 14 nitrogen and oxygen atoms in total. The second kappa shape index (κ2) is 14.9. The Labute approximate surface area is 237 Å². The number of hydrogen-bond donors (Lipinski definition) is 7. The zero-order chi connectivity index (χ0) is 30.9. The zero-order valence-corrected chi connectivity index (χ0v) is 23.3. The lowest BCUT2D eigenvalue weighted by Gasteiger charge is -2.31. The van der Waals surface area contributed by atoms with E-state index in [9.17, 15) is 49.2 Å². The lowest BCUT2D eigenvalue weighted by Crippen LogP contribution is -2.58. The van der Waals surface area contributed by atoms with Crippen molar-refractivity contribution in [3.63, 3.8) is 0 Å². The fraction of sp³-hybridized carbons (Fsp3) is 0.556. The van der Waals surface area contributed by atoms with Gasteiger partial charge in [-0.15, -0.1) is 0 Å². The summed E-state index contributed by atoms with van der Waals surface area (Å²) in [6.07, 6.45) is 0.499. The van der Waals surface area contributed by atoms with Crippen molar-refractivity contribution in [2.45, 2.75) is 83.5 Å². The first-order valence-corrected chi connectivity index (χ1v) is 13.5. The van der Waals surface area contributed by atoms with Crippen molar-refractivity contribution in [1.82, 2.24) is 20.9 Å². The molecular weight excluding hydrogens is 540 g/mol. The molecule has 226 valence electrons. The van der Waals surface area contributed by atoms with E-state index in [1.54, 1.807) is 20.8 Å². The second-order valence-corrected chi connectivity index (χ2v) is 10.0. The van der Waals surface area contributed by atoms with Crippen LogP contribution in [0, 0.1) is 5.92 Å². The predicted molar refractivity (Wildman–Crippen MR) is 144 cm³/mol. The van der Waals surface area contributed by atoms with Gasteiger partial charge in [0.25, 0.3) is 5.91 Å². The number of phenolic OH excluding ortho intramolecular Hbond substituents is 2. The zero-order valence-electron chi connectivity index (χ0n) is 23.3. The number of amides is 4. The van der Waals surface area contributed by atoms with Crippen LogP contribution >= 0.6 is 0 Å². The molecular formula is C27H38N4O10. The molecule has 0 aromatic heterocycles. The number of nitrogens with zero attached hydrogens (tertiary/aromatic N) is 1. The van der Waals surface area contributed by atoms with Gasteiger partial charge in [-0.05, 0) is 49.8 Å². The Kier molecular flexibility index (Phi) is 11.9. The van der Waals surface area contributed by atoms with Gasteiger partial charge in [0.05, 0.1) is 5.56 Å². The van der Waals surface area contributed by atoms with E-state index in [4.69, 9.17) is 0 Å². The summed E-state index contributed by atoms with van der Waals surface area (Å²) in [5.74, 6) is -6.55. The highest BCUT2D eigenvalue weighted by Gasteiger charge is 2.40. The number of carboxylic acid groups (broad SMARTS) is 2. The van der Waals surface area contributed by atoms with E-state index in [0.29, 0.717) is 12.8 Å². The number of aromatic hydroxyl groups is 2. The molecule has 7 N–H and O–H groups in total. The average Bonchev–Trinajstić information content (AvgIpc) is 3.42. The molecule has 41 heavy (non-hydrogen) atoms. The maximum atomic E-state index is 13.5. The predicted octanol–water partition coefficient (Wildman–Crippen LogP) is 0.562. The third-order valence-corrected chi connectivity index (χ3v) is 7.13. The topological polar surface area (TPSA) is 223 Å². The molecule has 0 saturated carbocycles. The molecule has 5 atom stereocenters. The lowest BCUT2D eigenvalue weighted by molar-refractivity contribution is -0.144. The maximum Gasteiger partial charge on any atom is 0.326 e. The number of phenols is 2. The Morgan fingerprint density at radius 1 is 0.976 bits per heavy atom. The molecule has 0 spiro atoms. The molecule has 0 unspecified atom stereocenters. The van der Waals surface area contributed by atoms with Gasteiger partial charge in [0.15, 0.2) is 0 Å². The van der Waals surface area contributed by atoms with E-state index < -0.39 is 71.9 Å². The number of carbonyl (C=O) groups is 6. The van der Waals surface area contributed by atoms with Gasteiger partial charge in [0.2, 0.25) is 17.7 Å². The lowest BCUT2D eigenvalue weighted by atomic mass is 9.97. The molecule has 1 aromatic carbocycles. The van der Waals surface area contributed by atoms with Gasteiger partial charge in [-0.3, -0.25) is 24.0 Å². The quantitative estimate of drug-likeness (QED) is 0.152. The highest BCUT2D eigenvalue weighted by atomic mass is 16.4. The van der Waals surface area contributed by atoms with Gasteiger partial charge in [-0.25, -0.2) is 4.79 Å². The van der Waals surface area contributed by atoms with Crippen molar-refractivity contribution < 1.29 is 49.2 Å². The third-order valence-electron chi connectivity index (χ3n) is 7.13. The van der Waals surface area contributed by atoms with E-state index in [0.717, 1.165) is 18.2 Å². The van der Waals surface area contributed by atoms with Crippen molar-refractivity contribution >= 4 is 35.6 Å². The summed E-state index contributed by atoms with van der Waals surface area (Å²) in [7, 11) is 0. The Hall–Kier alpha value is -4.36. The van der Waals surface area contributed by atoms with Crippen molar-refractivity contribution in [2.75, 3.05) is 6.54 Å². The molecule has 14 heteroatoms. The SMILES string of the molecule is CC[C@H](NC(=O)[C@@H](NC(=O)[C@@H]1CCCN1C(=O)[C@H](CCC(=O)O)NC(=O)c1cc(O)ccc1O)[C@@H](C)CC)C(=O)O. The summed E-state index contributed by atoms with van der Waals surface area (Å²) in [5, 5.41) is 45.7. The highest BCUT2D eigenvalue weighted by molar-refractivity contribution is 6.01. The standard InChI is InChI=1S/C27H38N4O10/c1-4-14(3)22(25(38)28-17(5-2)27(40)41)30-24(37)19-7-6-12-31(19)26(39)18(9-11-21(34)35)29-23(36)16-13-15(32)8-10-20(16)33/h8,10,13-14,17-19,22,32-33H,4-7,9,11-12H2,1-3H3,(H,28,38)(H,29,36)(H,30,37)(H,34,35)(H,40,41)/t14-,17-,18-,19-,22-/m0/s1. The van der Waals surface area contributed by atoms with Crippen LogP contribution in [0.15, 0.2) is 18.2 Å². The summed E-state index contributed by atoms with van der Waals surface area (Å²) in [5.41, 5.74) is -0.331. The van der Waals surface area contributed by atoms with Gasteiger partial charge in [-0.1, -0.05) is 27.2 Å². The van der Waals surface area contributed by atoms with E-state index in [1.165, 1.54) is 4.90 Å². The van der Waals surface area contributed by atoms with Crippen LogP contribution in [0.3, 0.4) is 0 Å². The van der Waals surface area contributed by atoms with E-state index in [-0.39, 0.29) is 43.0 Å². The maximum absolute atomic E-state index is 13.5. The van der Waals surface area contributed by atoms with Crippen LogP contribution in [0.25, 0.3) is 0 Å². The molecule has 1 fully saturated rings. The summed E-state index contributed by atoms with van der Waals surface area (Å²) in [6.45, 7) is 5.25. The minimum atomic E-state index is -1.37. The Balaban J connectivity index is 2.25. The van der Waals surface area contributed by atoms with E-state index >= 15 is 0 Å². The van der Waals surface area contributed by atoms with Crippen LogP contribution in [0.4, 0.5) is 0 Å². The molecule has 1 aliphatic rings. The normalized spacial score (nSPS) is 17.5. The monoisotopic (exact) mass is 578 g/mol. The van der Waals surface area contributed by atoms with Crippen LogP contribution in [0.2, 0.25) is 0 Å². The van der Waals surface area contributed by atoms with Crippen molar-refractivity contribution in [3.8, 4) is 11.5 Å². The summed E-state index contributed by atoms with van der Waals surface area (Å²) in [4.78, 5) is 76.5. The first-order chi connectivity index (χ1) is 19.3. The minimum Gasteiger partial charge on any atom is -0.508 e. The van der Waals surface area contributed by atoms with Crippen LogP contribution in [0.1, 0.15) is 69.7 Å². The van der Waals surface area contributed by atoms with Crippen LogP contribution in [-0.2, 0) is 24.0 Å². The molecule has 1 aliphatic heterocycles. The molecule has 2 rings (SSSR count). The number of hydrogen-bond acceptors (Lipinski definition) is 8. The fourth-order valence-electron chi connectivity index (χ4n) is 4.52. The molecule has 4 amide bonds. The van der Waals surface area contributed by atoms with E-state index in [1.807, 2.05) is 0 Å². The highest BCUT2D eigenvalue weighted by Crippen LogP contribution is 2.24. The largest absolute Gasteiger partial charge is 0.508 e. The number of rotatable bonds is 14. The van der Waals surface area contributed by atoms with Gasteiger partial charge in [0.1, 0.15) is 35.7 Å². The Morgan fingerprint density at radius 3 is 2.24 bits per heavy atom. The van der Waals surface area contributed by atoms with Gasteiger partial charge in [-0.2, -0.15) is 0 Å². The van der Waals surface area contributed by atoms with Crippen molar-refractivity contribution in [3.05, 3.63) is 23.8 Å². The van der Waals surface area contributed by atoms with Gasteiger partial charge >= 0.3 is 11.9 Å². The number of carbonyl (C=O) groups excluding carboxylic acids is 4. The fourth-order valence-corrected chi connectivity index (χ4v) is 4.52. The Bertz CT molecular complexity index is 1160. The number of nitrogens with one attached hydrogen (secondary N) is 3. The number of aliphatic carboxylic acids is 2. The smallest absolute Gasteiger partial charge is 0.326 e. The third kappa shape index (κ3) is 8.82. The number of likely N-dealkylation sites (tertiary alicyclic amines) is 1.